The first-order valence-electron chi connectivity index (χ1n) is 7.16. The summed E-state index contributed by atoms with van der Waals surface area (Å²) in [5.74, 6) is -2.33. The van der Waals surface area contributed by atoms with E-state index >= 15 is 0 Å². The van der Waals surface area contributed by atoms with Gasteiger partial charge in [0.2, 0.25) is 5.91 Å². The zero-order valence-corrected chi connectivity index (χ0v) is 13.4. The number of rotatable bonds is 6. The van der Waals surface area contributed by atoms with E-state index < -0.39 is 28.5 Å². The topological polar surface area (TPSA) is 93.5 Å². The average molecular weight is 351 g/mol. The summed E-state index contributed by atoms with van der Waals surface area (Å²) in [7, 11) is 1.36. The van der Waals surface area contributed by atoms with Crippen LogP contribution in [0.5, 0.6) is 5.75 Å². The first-order chi connectivity index (χ1) is 11.8. The summed E-state index contributed by atoms with van der Waals surface area (Å²) in [6, 6.07) is 6.10. The number of hydrogen-bond donors (Lipinski definition) is 2. The van der Waals surface area contributed by atoms with Crippen LogP contribution in [0.3, 0.4) is 0 Å². The number of carbonyl (C=O) groups is 1. The van der Waals surface area contributed by atoms with Crippen molar-refractivity contribution < 1.29 is 23.2 Å². The largest absolute Gasteiger partial charge is 0.495 e. The number of hydrogen-bond acceptors (Lipinski definition) is 5. The van der Waals surface area contributed by atoms with Crippen molar-refractivity contribution in [3.05, 3.63) is 58.1 Å². The Morgan fingerprint density at radius 3 is 2.52 bits per heavy atom. The van der Waals surface area contributed by atoms with Crippen molar-refractivity contribution in [3.8, 4) is 5.75 Å². The minimum Gasteiger partial charge on any atom is -0.495 e. The maximum atomic E-state index is 13.2. The van der Waals surface area contributed by atoms with Crippen LogP contribution >= 0.6 is 0 Å². The molecule has 7 nitrogen and oxygen atoms in total. The monoisotopic (exact) mass is 351 g/mol. The van der Waals surface area contributed by atoms with E-state index in [9.17, 15) is 23.7 Å². The molecule has 0 radical (unpaired) electrons. The minimum absolute atomic E-state index is 0.126. The number of nitro benzene ring substituents is 1. The molecule has 0 aliphatic carbocycles. The van der Waals surface area contributed by atoms with Crippen molar-refractivity contribution in [3.63, 3.8) is 0 Å². The molecule has 1 atom stereocenters. The molecule has 9 heteroatoms. The van der Waals surface area contributed by atoms with Gasteiger partial charge in [-0.2, -0.15) is 0 Å². The molecule has 0 aromatic heterocycles. The van der Waals surface area contributed by atoms with Crippen LogP contribution in [0, 0.1) is 21.7 Å². The highest BCUT2D eigenvalue weighted by molar-refractivity contribution is 5.97. The number of amides is 1. The van der Waals surface area contributed by atoms with Crippen molar-refractivity contribution in [1.82, 2.24) is 0 Å². The lowest BCUT2D eigenvalue weighted by Gasteiger charge is -2.16. The smallest absolute Gasteiger partial charge is 0.271 e. The highest BCUT2D eigenvalue weighted by Gasteiger charge is 2.18. The van der Waals surface area contributed by atoms with E-state index in [2.05, 4.69) is 10.6 Å². The van der Waals surface area contributed by atoms with Crippen LogP contribution in [-0.4, -0.2) is 24.0 Å². The van der Waals surface area contributed by atoms with Crippen LogP contribution in [0.2, 0.25) is 0 Å². The fourth-order valence-corrected chi connectivity index (χ4v) is 2.05. The standard InChI is InChI=1S/C16H15F2N3O4/c1-9(19-10-3-5-12(17)13(18)7-10)16(22)20-14-8-11(21(23)24)4-6-15(14)25-2/h3-9,19H,1-2H3,(H,20,22). The Morgan fingerprint density at radius 2 is 1.92 bits per heavy atom. The molecule has 1 unspecified atom stereocenters. The number of carbonyl (C=O) groups excluding carboxylic acids is 1. The molecule has 0 aliphatic heterocycles. The summed E-state index contributed by atoms with van der Waals surface area (Å²) >= 11 is 0. The third kappa shape index (κ3) is 4.40. The number of nitro groups is 1. The number of anilines is 2. The molecule has 0 spiro atoms. The van der Waals surface area contributed by atoms with Crippen molar-refractivity contribution in [2.75, 3.05) is 17.7 Å². The SMILES string of the molecule is COc1ccc([N+](=O)[O-])cc1NC(=O)C(C)Nc1ccc(F)c(F)c1. The quantitative estimate of drug-likeness (QED) is 0.615. The van der Waals surface area contributed by atoms with Gasteiger partial charge in [0.25, 0.3) is 5.69 Å². The molecule has 0 fully saturated rings. The Balaban J connectivity index is 2.13. The summed E-state index contributed by atoms with van der Waals surface area (Å²) in [5, 5.41) is 16.1. The van der Waals surface area contributed by atoms with Gasteiger partial charge in [0.15, 0.2) is 11.6 Å². The molecule has 0 saturated heterocycles. The maximum absolute atomic E-state index is 13.2. The van der Waals surface area contributed by atoms with E-state index in [4.69, 9.17) is 4.74 Å². The molecule has 2 aromatic carbocycles. The lowest BCUT2D eigenvalue weighted by Crippen LogP contribution is -2.32. The second-order valence-corrected chi connectivity index (χ2v) is 5.13. The number of nitrogens with one attached hydrogen (secondary N) is 2. The van der Waals surface area contributed by atoms with E-state index in [1.54, 1.807) is 0 Å². The fourth-order valence-electron chi connectivity index (χ4n) is 2.05. The van der Waals surface area contributed by atoms with Crippen LogP contribution in [0.15, 0.2) is 36.4 Å². The highest BCUT2D eigenvalue weighted by atomic mass is 19.2. The van der Waals surface area contributed by atoms with Crippen LogP contribution in [0.25, 0.3) is 0 Å². The van der Waals surface area contributed by atoms with Gasteiger partial charge in [-0.15, -0.1) is 0 Å². The predicted molar refractivity (Wildman–Crippen MR) is 87.7 cm³/mol. The van der Waals surface area contributed by atoms with Crippen LogP contribution in [-0.2, 0) is 4.79 Å². The molecule has 0 bridgehead atoms. The van der Waals surface area contributed by atoms with Gasteiger partial charge in [-0.3, -0.25) is 14.9 Å². The van der Waals surface area contributed by atoms with E-state index in [1.807, 2.05) is 0 Å². The summed E-state index contributed by atoms with van der Waals surface area (Å²) in [6.07, 6.45) is 0. The average Bonchev–Trinajstić information content (AvgIpc) is 2.57. The second-order valence-electron chi connectivity index (χ2n) is 5.13. The third-order valence-electron chi connectivity index (χ3n) is 3.35. The molecular weight excluding hydrogens is 336 g/mol. The molecule has 132 valence electrons. The summed E-state index contributed by atoms with van der Waals surface area (Å²) in [5.41, 5.74) is 0.130. The lowest BCUT2D eigenvalue weighted by molar-refractivity contribution is -0.384. The molecule has 0 aliphatic rings. The summed E-state index contributed by atoms with van der Waals surface area (Å²) in [6.45, 7) is 1.50. The number of nitrogens with zero attached hydrogens (tertiary/aromatic N) is 1. The van der Waals surface area contributed by atoms with Gasteiger partial charge in [0.1, 0.15) is 11.8 Å². The molecule has 0 saturated carbocycles. The fraction of sp³-hybridized carbons (Fsp3) is 0.188. The van der Waals surface area contributed by atoms with Gasteiger partial charge in [-0.1, -0.05) is 0 Å². The van der Waals surface area contributed by atoms with E-state index in [0.29, 0.717) is 0 Å². The molecule has 2 rings (SSSR count). The Bertz CT molecular complexity index is 814. The molecule has 0 heterocycles. The van der Waals surface area contributed by atoms with Gasteiger partial charge in [-0.05, 0) is 25.1 Å². The second kappa shape index (κ2) is 7.56. The first-order valence-corrected chi connectivity index (χ1v) is 7.16. The number of ether oxygens (including phenoxy) is 1. The highest BCUT2D eigenvalue weighted by Crippen LogP contribution is 2.29. The zero-order valence-electron chi connectivity index (χ0n) is 13.4. The first kappa shape index (κ1) is 18.1. The Kier molecular flexibility index (Phi) is 5.48. The van der Waals surface area contributed by atoms with Crippen molar-refractivity contribution in [1.29, 1.82) is 0 Å². The van der Waals surface area contributed by atoms with Gasteiger partial charge < -0.3 is 15.4 Å². The normalized spacial score (nSPS) is 11.5. The van der Waals surface area contributed by atoms with Crippen molar-refractivity contribution in [2.24, 2.45) is 0 Å². The van der Waals surface area contributed by atoms with E-state index in [-0.39, 0.29) is 22.8 Å². The van der Waals surface area contributed by atoms with Crippen LogP contribution < -0.4 is 15.4 Å². The van der Waals surface area contributed by atoms with Gasteiger partial charge >= 0.3 is 0 Å². The number of halogens is 2. The van der Waals surface area contributed by atoms with Crippen LogP contribution in [0.4, 0.5) is 25.8 Å². The maximum Gasteiger partial charge on any atom is 0.271 e. The summed E-state index contributed by atoms with van der Waals surface area (Å²) < 4.78 is 31.2. The predicted octanol–water partition coefficient (Wildman–Crippen LogP) is 3.32. The third-order valence-corrected chi connectivity index (χ3v) is 3.35. The van der Waals surface area contributed by atoms with Gasteiger partial charge in [0.05, 0.1) is 17.7 Å². The Morgan fingerprint density at radius 1 is 1.20 bits per heavy atom. The minimum atomic E-state index is -1.04. The number of non-ortho nitro benzene ring substituents is 1. The Hall–Kier alpha value is -3.23. The van der Waals surface area contributed by atoms with E-state index in [0.717, 1.165) is 12.1 Å². The van der Waals surface area contributed by atoms with Gasteiger partial charge in [0, 0.05) is 23.9 Å². The zero-order chi connectivity index (χ0) is 18.6. The molecule has 2 aromatic rings. The number of benzene rings is 2. The Labute approximate surface area is 141 Å². The van der Waals surface area contributed by atoms with Gasteiger partial charge in [-0.25, -0.2) is 8.78 Å². The molecule has 25 heavy (non-hydrogen) atoms. The van der Waals surface area contributed by atoms with Crippen molar-refractivity contribution in [2.45, 2.75) is 13.0 Å². The molecule has 2 N–H and O–H groups in total. The van der Waals surface area contributed by atoms with E-state index in [1.165, 1.54) is 38.3 Å². The number of methoxy groups -OCH3 is 1. The lowest BCUT2D eigenvalue weighted by atomic mass is 10.2. The van der Waals surface area contributed by atoms with Crippen molar-refractivity contribution >= 4 is 23.0 Å². The van der Waals surface area contributed by atoms with Crippen LogP contribution in [0.1, 0.15) is 6.92 Å². The molecular formula is C16H15F2N3O4. The molecule has 1 amide bonds. The summed E-state index contributed by atoms with van der Waals surface area (Å²) in [4.78, 5) is 22.5.